The highest BCUT2D eigenvalue weighted by Gasteiger charge is 2.30. The molecule has 2 aromatic rings. The zero-order valence-electron chi connectivity index (χ0n) is 19.0. The number of ether oxygens (including phenoxy) is 1. The molecule has 0 heterocycles. The van der Waals surface area contributed by atoms with Crippen molar-refractivity contribution >= 4 is 23.4 Å². The molecule has 1 fully saturated rings. The molecule has 2 aromatic carbocycles. The summed E-state index contributed by atoms with van der Waals surface area (Å²) in [6, 6.07) is 14.6. The number of hydrogen-bond donors (Lipinski definition) is 1. The minimum absolute atomic E-state index is 0.0804. The fourth-order valence-corrected chi connectivity index (χ4v) is 4.44. The Kier molecular flexibility index (Phi) is 8.98. The lowest BCUT2D eigenvalue weighted by Gasteiger charge is -2.32. The van der Waals surface area contributed by atoms with Crippen molar-refractivity contribution in [1.29, 1.82) is 0 Å². The second-order valence-electron chi connectivity index (χ2n) is 8.52. The van der Waals surface area contributed by atoms with Gasteiger partial charge in [0.25, 0.3) is 5.91 Å². The number of benzene rings is 2. The fourth-order valence-electron chi connectivity index (χ4n) is 4.26. The third-order valence-electron chi connectivity index (χ3n) is 5.93. The molecule has 0 bridgehead atoms. The van der Waals surface area contributed by atoms with Crippen molar-refractivity contribution in [3.05, 3.63) is 64.7 Å². The molecule has 6 heteroatoms. The summed E-state index contributed by atoms with van der Waals surface area (Å²) in [6.07, 6.45) is 6.05. The van der Waals surface area contributed by atoms with Gasteiger partial charge in [0.2, 0.25) is 5.91 Å². The van der Waals surface area contributed by atoms with E-state index in [-0.39, 0.29) is 24.5 Å². The minimum atomic E-state index is -0.548. The molecule has 5 nitrogen and oxygen atoms in total. The monoisotopic (exact) mass is 456 g/mol. The fraction of sp³-hybridized carbons (Fsp3) is 0.462. The maximum absolute atomic E-state index is 13.3. The maximum atomic E-state index is 13.3. The van der Waals surface area contributed by atoms with Crippen LogP contribution in [0.2, 0.25) is 5.02 Å². The normalized spacial score (nSPS) is 15.1. The number of carbonyl (C=O) groups excluding carboxylic acids is 2. The molecule has 32 heavy (non-hydrogen) atoms. The summed E-state index contributed by atoms with van der Waals surface area (Å²) >= 11 is 6.02. The topological polar surface area (TPSA) is 58.6 Å². The van der Waals surface area contributed by atoms with Gasteiger partial charge in [-0.2, -0.15) is 0 Å². The predicted molar refractivity (Wildman–Crippen MR) is 128 cm³/mol. The molecule has 0 unspecified atom stereocenters. The molecule has 0 aromatic heterocycles. The van der Waals surface area contributed by atoms with Gasteiger partial charge >= 0.3 is 0 Å². The van der Waals surface area contributed by atoms with Gasteiger partial charge in [0, 0.05) is 17.6 Å². The van der Waals surface area contributed by atoms with E-state index in [1.807, 2.05) is 38.1 Å². The van der Waals surface area contributed by atoms with E-state index in [0.717, 1.165) is 36.8 Å². The number of aryl methyl sites for hydroxylation is 1. The molecular formula is C26H33ClN2O3. The van der Waals surface area contributed by atoms with Gasteiger partial charge in [-0.15, -0.1) is 0 Å². The van der Waals surface area contributed by atoms with Gasteiger partial charge in [-0.05, 0) is 49.9 Å². The summed E-state index contributed by atoms with van der Waals surface area (Å²) in [5.74, 6) is 0.223. The second-order valence-corrected chi connectivity index (χ2v) is 8.96. The van der Waals surface area contributed by atoms with E-state index in [4.69, 9.17) is 16.3 Å². The van der Waals surface area contributed by atoms with Crippen LogP contribution in [0.3, 0.4) is 0 Å². The van der Waals surface area contributed by atoms with E-state index in [2.05, 4.69) is 5.32 Å². The van der Waals surface area contributed by atoms with E-state index in [0.29, 0.717) is 23.7 Å². The molecule has 0 spiro atoms. The third kappa shape index (κ3) is 6.99. The Balaban J connectivity index is 1.75. The van der Waals surface area contributed by atoms with Crippen molar-refractivity contribution in [1.82, 2.24) is 10.2 Å². The van der Waals surface area contributed by atoms with Crippen molar-refractivity contribution in [2.24, 2.45) is 0 Å². The number of rotatable bonds is 9. The molecule has 2 amide bonds. The average molecular weight is 457 g/mol. The molecule has 0 aliphatic heterocycles. The Bertz CT molecular complexity index is 911. The van der Waals surface area contributed by atoms with Crippen LogP contribution < -0.4 is 10.1 Å². The number of nitrogens with one attached hydrogen (secondary N) is 1. The van der Waals surface area contributed by atoms with Gasteiger partial charge in [0.1, 0.15) is 11.8 Å². The average Bonchev–Trinajstić information content (AvgIpc) is 2.78. The Morgan fingerprint density at radius 2 is 1.88 bits per heavy atom. The third-order valence-corrected chi connectivity index (χ3v) is 6.17. The van der Waals surface area contributed by atoms with Gasteiger partial charge in [-0.25, -0.2) is 0 Å². The van der Waals surface area contributed by atoms with E-state index < -0.39 is 6.04 Å². The lowest BCUT2D eigenvalue weighted by Crippen LogP contribution is -2.52. The largest absolute Gasteiger partial charge is 0.484 e. The first-order chi connectivity index (χ1) is 15.5. The van der Waals surface area contributed by atoms with Crippen molar-refractivity contribution in [3.8, 4) is 5.75 Å². The Labute approximate surface area is 196 Å². The molecule has 1 saturated carbocycles. The maximum Gasteiger partial charge on any atom is 0.261 e. The Hall–Kier alpha value is -2.53. The molecule has 0 saturated heterocycles. The van der Waals surface area contributed by atoms with Crippen molar-refractivity contribution < 1.29 is 14.3 Å². The van der Waals surface area contributed by atoms with Crippen LogP contribution in [0.4, 0.5) is 0 Å². The van der Waals surface area contributed by atoms with Gasteiger partial charge in [0.05, 0.1) is 0 Å². The van der Waals surface area contributed by atoms with Crippen LogP contribution in [0.5, 0.6) is 5.75 Å². The lowest BCUT2D eigenvalue weighted by atomic mass is 9.95. The van der Waals surface area contributed by atoms with Gasteiger partial charge in [-0.1, -0.05) is 73.7 Å². The number of hydrogen-bond acceptors (Lipinski definition) is 3. The highest BCUT2D eigenvalue weighted by atomic mass is 35.5. The molecule has 3 rings (SSSR count). The van der Waals surface area contributed by atoms with Crippen molar-refractivity contribution in [2.45, 2.75) is 71.0 Å². The zero-order valence-corrected chi connectivity index (χ0v) is 19.7. The van der Waals surface area contributed by atoms with Crippen LogP contribution in [-0.2, 0) is 16.1 Å². The molecule has 1 N–H and O–H groups in total. The lowest BCUT2D eigenvalue weighted by molar-refractivity contribution is -0.143. The number of carbonyl (C=O) groups is 2. The summed E-state index contributed by atoms with van der Waals surface area (Å²) in [5.41, 5.74) is 2.11. The van der Waals surface area contributed by atoms with Crippen molar-refractivity contribution in [2.75, 3.05) is 6.61 Å². The molecule has 0 radical (unpaired) electrons. The summed E-state index contributed by atoms with van der Waals surface area (Å²) in [7, 11) is 0. The standard InChI is InChI=1S/C26H33ClN2O3/c1-3-24(26(31)28-22-12-5-4-6-13-22)29(17-20-10-7-9-19(2)15-20)25(30)18-32-23-14-8-11-21(27)16-23/h7-11,14-16,22,24H,3-6,12-13,17-18H2,1-2H3,(H,28,31)/t24-/m0/s1. The SMILES string of the molecule is CC[C@@H](C(=O)NC1CCCCC1)N(Cc1cccc(C)c1)C(=O)COc1cccc(Cl)c1. The first-order valence-electron chi connectivity index (χ1n) is 11.5. The van der Waals surface area contributed by atoms with E-state index in [9.17, 15) is 9.59 Å². The highest BCUT2D eigenvalue weighted by molar-refractivity contribution is 6.30. The van der Waals surface area contributed by atoms with Crippen LogP contribution in [0.15, 0.2) is 48.5 Å². The smallest absolute Gasteiger partial charge is 0.261 e. The Morgan fingerprint density at radius 3 is 2.56 bits per heavy atom. The zero-order chi connectivity index (χ0) is 22.9. The molecule has 1 aliphatic carbocycles. The van der Waals surface area contributed by atoms with Gasteiger partial charge in [0.15, 0.2) is 6.61 Å². The molecular weight excluding hydrogens is 424 g/mol. The first-order valence-corrected chi connectivity index (χ1v) is 11.9. The summed E-state index contributed by atoms with van der Waals surface area (Å²) < 4.78 is 5.71. The number of halogens is 1. The first kappa shape index (κ1) is 24.1. The predicted octanol–water partition coefficient (Wildman–Crippen LogP) is 5.28. The van der Waals surface area contributed by atoms with Crippen molar-refractivity contribution in [3.63, 3.8) is 0 Å². The van der Waals surface area contributed by atoms with Crippen LogP contribution in [0.25, 0.3) is 0 Å². The summed E-state index contributed by atoms with van der Waals surface area (Å²) in [5, 5.41) is 3.74. The molecule has 1 atom stereocenters. The van der Waals surface area contributed by atoms with Crippen LogP contribution >= 0.6 is 11.6 Å². The van der Waals surface area contributed by atoms with Crippen LogP contribution in [0.1, 0.15) is 56.6 Å². The molecule has 172 valence electrons. The summed E-state index contributed by atoms with van der Waals surface area (Å²) in [6.45, 7) is 4.17. The number of amides is 2. The van der Waals surface area contributed by atoms with Gasteiger partial charge in [-0.3, -0.25) is 9.59 Å². The Morgan fingerprint density at radius 1 is 1.12 bits per heavy atom. The second kappa shape index (κ2) is 11.9. The van der Waals surface area contributed by atoms with E-state index in [1.54, 1.807) is 29.2 Å². The highest BCUT2D eigenvalue weighted by Crippen LogP contribution is 2.20. The van der Waals surface area contributed by atoms with Crippen LogP contribution in [-0.4, -0.2) is 35.4 Å². The van der Waals surface area contributed by atoms with E-state index in [1.165, 1.54) is 6.42 Å². The number of nitrogens with zero attached hydrogens (tertiary/aromatic N) is 1. The quantitative estimate of drug-likeness (QED) is 0.558. The molecule has 1 aliphatic rings. The van der Waals surface area contributed by atoms with Gasteiger partial charge < -0.3 is 15.0 Å². The minimum Gasteiger partial charge on any atom is -0.484 e. The summed E-state index contributed by atoms with van der Waals surface area (Å²) in [4.78, 5) is 28.1. The van der Waals surface area contributed by atoms with E-state index >= 15 is 0 Å². The van der Waals surface area contributed by atoms with Crippen LogP contribution in [0, 0.1) is 6.92 Å².